The number of rotatable bonds is 5. The number of aromatic nitrogens is 5. The first-order valence-electron chi connectivity index (χ1n) is 9.07. The number of ether oxygens (including phenoxy) is 3. The first-order chi connectivity index (χ1) is 13.7. The van der Waals surface area contributed by atoms with Crippen molar-refractivity contribution >= 4 is 22.8 Å². The molecule has 5 rings (SSSR count). The molecule has 2 aliphatic heterocycles. The number of aryl methyl sites for hydroxylation is 2. The summed E-state index contributed by atoms with van der Waals surface area (Å²) in [5, 5.41) is 18.3. The van der Waals surface area contributed by atoms with Gasteiger partial charge in [-0.3, -0.25) is 0 Å². The second-order valence-corrected chi connectivity index (χ2v) is 7.27. The minimum Gasteiger partial charge on any atom is -0.456 e. The lowest BCUT2D eigenvalue weighted by atomic mass is 10.1. The van der Waals surface area contributed by atoms with Crippen LogP contribution in [0.2, 0.25) is 5.02 Å². The summed E-state index contributed by atoms with van der Waals surface area (Å²) in [6, 6.07) is 5.88. The van der Waals surface area contributed by atoms with Crippen molar-refractivity contribution in [2.45, 2.75) is 37.3 Å². The number of imidazole rings is 1. The van der Waals surface area contributed by atoms with Gasteiger partial charge in [-0.25, -0.2) is 4.98 Å². The lowest BCUT2D eigenvalue weighted by Crippen LogP contribution is -2.34. The predicted octanol–water partition coefficient (Wildman–Crippen LogP) is 1.09. The summed E-state index contributed by atoms with van der Waals surface area (Å²) >= 11 is 6.38. The van der Waals surface area contributed by atoms with Crippen LogP contribution in [-0.4, -0.2) is 67.9 Å². The average Bonchev–Trinajstić information content (AvgIpc) is 3.38. The third-order valence-electron chi connectivity index (χ3n) is 4.97. The Morgan fingerprint density at radius 1 is 1.21 bits per heavy atom. The zero-order valence-electron chi connectivity index (χ0n) is 14.8. The van der Waals surface area contributed by atoms with Gasteiger partial charge in [-0.15, -0.1) is 0 Å². The van der Waals surface area contributed by atoms with Crippen molar-refractivity contribution in [3.63, 3.8) is 0 Å². The minimum absolute atomic E-state index is 0.252. The molecule has 2 fully saturated rings. The van der Waals surface area contributed by atoms with Gasteiger partial charge in [-0.05, 0) is 31.0 Å². The summed E-state index contributed by atoms with van der Waals surface area (Å²) in [6.45, 7) is 0.586. The van der Waals surface area contributed by atoms with Gasteiger partial charge in [-0.2, -0.15) is 15.2 Å². The van der Waals surface area contributed by atoms with E-state index in [4.69, 9.17) is 25.8 Å². The van der Waals surface area contributed by atoms with Gasteiger partial charge in [-0.1, -0.05) is 11.6 Å². The zero-order valence-corrected chi connectivity index (χ0v) is 15.5. The Kier molecular flexibility index (Phi) is 4.59. The zero-order chi connectivity index (χ0) is 19.1. The van der Waals surface area contributed by atoms with Gasteiger partial charge in [0.05, 0.1) is 35.1 Å². The highest BCUT2D eigenvalue weighted by Gasteiger charge is 2.48. The highest BCUT2D eigenvalue weighted by molar-refractivity contribution is 6.31. The van der Waals surface area contributed by atoms with Gasteiger partial charge in [0.15, 0.2) is 11.8 Å². The van der Waals surface area contributed by atoms with E-state index in [-0.39, 0.29) is 24.9 Å². The Hall–Kier alpha value is -2.33. The number of aromatic amines is 1. The van der Waals surface area contributed by atoms with Crippen molar-refractivity contribution in [1.82, 2.24) is 25.1 Å². The number of nitrogens with one attached hydrogen (secondary N) is 1. The molecule has 28 heavy (non-hydrogen) atoms. The van der Waals surface area contributed by atoms with Crippen LogP contribution in [0.1, 0.15) is 11.4 Å². The molecule has 2 saturated heterocycles. The maximum absolute atomic E-state index is 9.83. The lowest BCUT2D eigenvalue weighted by molar-refractivity contribution is 0.00706. The molecule has 9 nitrogen and oxygen atoms in total. The number of H-pyrrole nitrogens is 1. The van der Waals surface area contributed by atoms with Gasteiger partial charge >= 0.3 is 0 Å². The van der Waals surface area contributed by atoms with E-state index in [0.29, 0.717) is 41.6 Å². The fourth-order valence-electron chi connectivity index (χ4n) is 3.57. The van der Waals surface area contributed by atoms with Crippen molar-refractivity contribution in [1.29, 1.82) is 0 Å². The molecule has 4 atom stereocenters. The minimum atomic E-state index is -0.619. The van der Waals surface area contributed by atoms with Crippen molar-refractivity contribution < 1.29 is 19.3 Å². The largest absolute Gasteiger partial charge is 0.456 e. The van der Waals surface area contributed by atoms with E-state index in [1.807, 2.05) is 12.1 Å². The first-order valence-corrected chi connectivity index (χ1v) is 9.45. The SMILES string of the molecule is O[C@@H]1CO[C@H]2[C@@H]1OC[C@H]2Oc1nc2nc(CCc3cccnn3)c(Cl)cc2[nH]1. The van der Waals surface area contributed by atoms with Crippen LogP contribution in [0.4, 0.5) is 0 Å². The van der Waals surface area contributed by atoms with Crippen LogP contribution in [-0.2, 0) is 22.3 Å². The molecular weight excluding hydrogens is 386 g/mol. The van der Waals surface area contributed by atoms with Gasteiger partial charge in [0.2, 0.25) is 0 Å². The smallest absolute Gasteiger partial charge is 0.296 e. The Bertz CT molecular complexity index is 985. The number of pyridine rings is 1. The average molecular weight is 404 g/mol. The van der Waals surface area contributed by atoms with Crippen LogP contribution in [0.3, 0.4) is 0 Å². The van der Waals surface area contributed by atoms with E-state index in [0.717, 1.165) is 11.4 Å². The Labute approximate surface area is 165 Å². The van der Waals surface area contributed by atoms with Crippen molar-refractivity contribution in [2.75, 3.05) is 13.2 Å². The van der Waals surface area contributed by atoms with E-state index in [1.54, 1.807) is 12.3 Å². The van der Waals surface area contributed by atoms with Crippen molar-refractivity contribution in [2.24, 2.45) is 0 Å². The van der Waals surface area contributed by atoms with E-state index >= 15 is 0 Å². The van der Waals surface area contributed by atoms with Crippen molar-refractivity contribution in [3.8, 4) is 6.01 Å². The number of aliphatic hydroxyl groups excluding tert-OH is 1. The Balaban J connectivity index is 1.32. The van der Waals surface area contributed by atoms with E-state index in [1.165, 1.54) is 0 Å². The Morgan fingerprint density at radius 3 is 2.96 bits per heavy atom. The molecular formula is C18H18ClN5O4. The van der Waals surface area contributed by atoms with Gasteiger partial charge in [0, 0.05) is 6.20 Å². The molecule has 0 bridgehead atoms. The fourth-order valence-corrected chi connectivity index (χ4v) is 3.81. The van der Waals surface area contributed by atoms with Gasteiger partial charge < -0.3 is 24.3 Å². The molecule has 0 spiro atoms. The number of halogens is 1. The molecule has 5 heterocycles. The topological polar surface area (TPSA) is 115 Å². The number of hydrogen-bond acceptors (Lipinski definition) is 8. The maximum atomic E-state index is 9.83. The van der Waals surface area contributed by atoms with E-state index < -0.39 is 6.10 Å². The highest BCUT2D eigenvalue weighted by atomic mass is 35.5. The molecule has 2 aliphatic rings. The van der Waals surface area contributed by atoms with Crippen LogP contribution in [0, 0.1) is 0 Å². The molecule has 146 valence electrons. The summed E-state index contributed by atoms with van der Waals surface area (Å²) in [6.07, 6.45) is 1.34. The van der Waals surface area contributed by atoms with Crippen LogP contribution >= 0.6 is 11.6 Å². The van der Waals surface area contributed by atoms with Gasteiger partial charge in [0.25, 0.3) is 6.01 Å². The molecule has 0 unspecified atom stereocenters. The Morgan fingerprint density at radius 2 is 2.11 bits per heavy atom. The number of aliphatic hydroxyl groups is 1. The second kappa shape index (κ2) is 7.25. The monoisotopic (exact) mass is 403 g/mol. The number of hydrogen-bond donors (Lipinski definition) is 2. The summed E-state index contributed by atoms with van der Waals surface area (Å²) in [5.41, 5.74) is 2.83. The predicted molar refractivity (Wildman–Crippen MR) is 98.2 cm³/mol. The molecule has 2 N–H and O–H groups in total. The molecule has 0 radical (unpaired) electrons. The fraction of sp³-hybridized carbons (Fsp3) is 0.444. The van der Waals surface area contributed by atoms with Crippen LogP contribution in [0.5, 0.6) is 6.01 Å². The summed E-state index contributed by atoms with van der Waals surface area (Å²) in [7, 11) is 0. The normalized spacial score (nSPS) is 26.6. The first kappa shape index (κ1) is 17.7. The molecule has 3 aromatic rings. The lowest BCUT2D eigenvalue weighted by Gasteiger charge is -2.15. The second-order valence-electron chi connectivity index (χ2n) is 6.86. The summed E-state index contributed by atoms with van der Waals surface area (Å²) < 4.78 is 17.0. The third kappa shape index (κ3) is 3.30. The number of fused-ring (bicyclic) bond motifs is 2. The van der Waals surface area contributed by atoms with E-state index in [9.17, 15) is 5.11 Å². The van der Waals surface area contributed by atoms with Crippen LogP contribution in [0.15, 0.2) is 24.4 Å². The molecule has 0 aromatic carbocycles. The quantitative estimate of drug-likeness (QED) is 0.650. The third-order valence-corrected chi connectivity index (χ3v) is 5.30. The van der Waals surface area contributed by atoms with Crippen LogP contribution in [0.25, 0.3) is 11.2 Å². The van der Waals surface area contributed by atoms with Crippen molar-refractivity contribution in [3.05, 3.63) is 40.8 Å². The highest BCUT2D eigenvalue weighted by Crippen LogP contribution is 2.30. The molecule has 10 heteroatoms. The van der Waals surface area contributed by atoms with E-state index in [2.05, 4.69) is 25.1 Å². The van der Waals surface area contributed by atoms with Gasteiger partial charge in [0.1, 0.15) is 18.3 Å². The molecule has 0 amide bonds. The van der Waals surface area contributed by atoms with Crippen LogP contribution < -0.4 is 4.74 Å². The molecule has 0 saturated carbocycles. The molecule has 0 aliphatic carbocycles. The summed E-state index contributed by atoms with van der Waals surface area (Å²) in [5.74, 6) is 0. The standard InChI is InChI=1S/C18H18ClN5O4/c19-10-6-12-17(21-11(10)4-3-9-2-1-5-20-24-9)23-18(22-12)28-14-8-27-15-13(25)7-26-16(14)15/h1-2,5-6,13-16,25H,3-4,7-8H2,(H,21,22,23)/t13-,14-,15-,16-/m1/s1. The summed E-state index contributed by atoms with van der Waals surface area (Å²) in [4.78, 5) is 12.1. The molecule has 3 aromatic heterocycles. The number of nitrogens with zero attached hydrogens (tertiary/aromatic N) is 4. The maximum Gasteiger partial charge on any atom is 0.296 e.